The summed E-state index contributed by atoms with van der Waals surface area (Å²) in [5.74, 6) is 0.799. The van der Waals surface area contributed by atoms with Crippen LogP contribution in [0.4, 0.5) is 0 Å². The van der Waals surface area contributed by atoms with Gasteiger partial charge >= 0.3 is 0 Å². The molecule has 1 aromatic carbocycles. The third kappa shape index (κ3) is 3.46. The molecule has 100 valence electrons. The van der Waals surface area contributed by atoms with E-state index in [0.717, 1.165) is 28.3 Å². The van der Waals surface area contributed by atoms with Gasteiger partial charge in [0.15, 0.2) is 0 Å². The van der Waals surface area contributed by atoms with Crippen LogP contribution >= 0.6 is 11.6 Å². The number of hydrogen-bond donors (Lipinski definition) is 1. The Labute approximate surface area is 118 Å². The highest BCUT2D eigenvalue weighted by atomic mass is 35.5. The van der Waals surface area contributed by atoms with Gasteiger partial charge in [-0.3, -0.25) is 4.98 Å². The average molecular weight is 277 g/mol. The van der Waals surface area contributed by atoms with Crippen molar-refractivity contribution in [1.82, 2.24) is 4.98 Å². The molecule has 0 unspecified atom stereocenters. The number of pyridine rings is 1. The topological polar surface area (TPSA) is 48.1 Å². The van der Waals surface area contributed by atoms with Crippen LogP contribution in [-0.2, 0) is 13.2 Å². The highest BCUT2D eigenvalue weighted by Gasteiger charge is 2.08. The maximum Gasteiger partial charge on any atom is 0.127 e. The summed E-state index contributed by atoms with van der Waals surface area (Å²) in [7, 11) is 0. The van der Waals surface area contributed by atoms with Gasteiger partial charge in [0.1, 0.15) is 12.4 Å². The first-order chi connectivity index (χ1) is 9.10. The molecule has 4 heteroatoms. The Morgan fingerprint density at radius 2 is 2.05 bits per heavy atom. The number of aryl methyl sites for hydroxylation is 2. The van der Waals surface area contributed by atoms with E-state index < -0.39 is 0 Å². The number of hydrogen-bond acceptors (Lipinski definition) is 3. The van der Waals surface area contributed by atoms with Crippen LogP contribution < -0.4 is 10.5 Å². The van der Waals surface area contributed by atoms with Gasteiger partial charge in [-0.25, -0.2) is 0 Å². The van der Waals surface area contributed by atoms with E-state index in [4.69, 9.17) is 22.1 Å². The quantitative estimate of drug-likeness (QED) is 0.931. The van der Waals surface area contributed by atoms with Crippen molar-refractivity contribution in [1.29, 1.82) is 0 Å². The van der Waals surface area contributed by atoms with E-state index >= 15 is 0 Å². The Morgan fingerprint density at radius 3 is 2.74 bits per heavy atom. The fourth-order valence-corrected chi connectivity index (χ4v) is 2.20. The molecule has 0 radical (unpaired) electrons. The smallest absolute Gasteiger partial charge is 0.127 e. The molecule has 1 heterocycles. The van der Waals surface area contributed by atoms with Crippen LogP contribution in [0.25, 0.3) is 0 Å². The molecule has 0 aliphatic heterocycles. The van der Waals surface area contributed by atoms with Gasteiger partial charge in [0.05, 0.1) is 0 Å². The van der Waals surface area contributed by atoms with Crippen LogP contribution in [0.15, 0.2) is 30.3 Å². The molecule has 1 aromatic heterocycles. The van der Waals surface area contributed by atoms with Gasteiger partial charge in [-0.2, -0.15) is 0 Å². The Bertz CT molecular complexity index is 584. The van der Waals surface area contributed by atoms with E-state index in [1.54, 1.807) is 0 Å². The molecule has 0 amide bonds. The van der Waals surface area contributed by atoms with Crippen LogP contribution in [0, 0.1) is 13.8 Å². The van der Waals surface area contributed by atoms with Gasteiger partial charge in [-0.1, -0.05) is 23.7 Å². The zero-order valence-electron chi connectivity index (χ0n) is 11.1. The number of nitrogens with zero attached hydrogens (tertiary/aromatic N) is 1. The Balaban J connectivity index is 2.19. The molecule has 2 rings (SSSR count). The Hall–Kier alpha value is -1.58. The van der Waals surface area contributed by atoms with Crippen molar-refractivity contribution >= 4 is 11.6 Å². The lowest BCUT2D eigenvalue weighted by Gasteiger charge is -2.13. The van der Waals surface area contributed by atoms with E-state index in [1.165, 1.54) is 0 Å². The molecule has 0 bridgehead atoms. The predicted molar refractivity (Wildman–Crippen MR) is 77.4 cm³/mol. The van der Waals surface area contributed by atoms with Crippen molar-refractivity contribution in [2.75, 3.05) is 0 Å². The number of benzene rings is 1. The van der Waals surface area contributed by atoms with Gasteiger partial charge in [0, 0.05) is 34.6 Å². The lowest BCUT2D eigenvalue weighted by Crippen LogP contribution is -2.07. The summed E-state index contributed by atoms with van der Waals surface area (Å²) < 4.78 is 5.85. The standard InChI is InChI=1S/C15H17ClN2O/c1-10-6-15(14(8-17)11(2)18-10)19-9-12-4-3-5-13(16)7-12/h3-7H,8-9,17H2,1-2H3. The van der Waals surface area contributed by atoms with E-state index in [-0.39, 0.29) is 0 Å². The molecule has 0 saturated carbocycles. The Morgan fingerprint density at radius 1 is 1.26 bits per heavy atom. The molecule has 0 spiro atoms. The third-order valence-electron chi connectivity index (χ3n) is 2.91. The number of ether oxygens (including phenoxy) is 1. The zero-order chi connectivity index (χ0) is 13.8. The summed E-state index contributed by atoms with van der Waals surface area (Å²) in [6, 6.07) is 9.55. The monoisotopic (exact) mass is 276 g/mol. The minimum absolute atomic E-state index is 0.421. The summed E-state index contributed by atoms with van der Waals surface area (Å²) in [4.78, 5) is 4.39. The summed E-state index contributed by atoms with van der Waals surface area (Å²) in [5, 5.41) is 0.710. The van der Waals surface area contributed by atoms with Crippen molar-refractivity contribution in [3.8, 4) is 5.75 Å². The highest BCUT2D eigenvalue weighted by Crippen LogP contribution is 2.23. The molecule has 3 nitrogen and oxygen atoms in total. The fraction of sp³-hybridized carbons (Fsp3) is 0.267. The summed E-state index contributed by atoms with van der Waals surface area (Å²) >= 11 is 5.95. The minimum Gasteiger partial charge on any atom is -0.488 e. The molecule has 0 saturated heterocycles. The maximum absolute atomic E-state index is 5.95. The molecular formula is C15H17ClN2O. The minimum atomic E-state index is 0.421. The second-order valence-corrected chi connectivity index (χ2v) is 4.88. The van der Waals surface area contributed by atoms with Gasteiger partial charge in [-0.15, -0.1) is 0 Å². The second-order valence-electron chi connectivity index (χ2n) is 4.45. The predicted octanol–water partition coefficient (Wildman–Crippen LogP) is 3.39. The lowest BCUT2D eigenvalue weighted by molar-refractivity contribution is 0.302. The van der Waals surface area contributed by atoms with Gasteiger partial charge < -0.3 is 10.5 Å². The second kappa shape index (κ2) is 6.04. The van der Waals surface area contributed by atoms with Crippen LogP contribution in [0.1, 0.15) is 22.5 Å². The van der Waals surface area contributed by atoms with E-state index in [1.807, 2.05) is 44.2 Å². The number of nitrogens with two attached hydrogens (primary N) is 1. The normalized spacial score (nSPS) is 10.5. The van der Waals surface area contributed by atoms with Gasteiger partial charge in [0.2, 0.25) is 0 Å². The zero-order valence-corrected chi connectivity index (χ0v) is 11.9. The number of aromatic nitrogens is 1. The molecule has 0 aliphatic carbocycles. The largest absolute Gasteiger partial charge is 0.488 e. The average Bonchev–Trinajstić information content (AvgIpc) is 2.36. The van der Waals surface area contributed by atoms with Crippen molar-refractivity contribution in [3.05, 3.63) is 57.9 Å². The van der Waals surface area contributed by atoms with Crippen LogP contribution in [0.2, 0.25) is 5.02 Å². The first-order valence-electron chi connectivity index (χ1n) is 6.14. The molecular weight excluding hydrogens is 260 g/mol. The Kier molecular flexibility index (Phi) is 4.40. The van der Waals surface area contributed by atoms with Crippen LogP contribution in [0.3, 0.4) is 0 Å². The number of rotatable bonds is 4. The summed E-state index contributed by atoms with van der Waals surface area (Å²) in [6.07, 6.45) is 0. The maximum atomic E-state index is 5.95. The number of halogens is 1. The summed E-state index contributed by atoms with van der Waals surface area (Å²) in [5.41, 5.74) is 9.58. The highest BCUT2D eigenvalue weighted by molar-refractivity contribution is 6.30. The van der Waals surface area contributed by atoms with Crippen molar-refractivity contribution in [2.24, 2.45) is 5.73 Å². The van der Waals surface area contributed by atoms with Gasteiger partial charge in [0.25, 0.3) is 0 Å². The molecule has 0 fully saturated rings. The molecule has 0 atom stereocenters. The molecule has 0 aliphatic rings. The lowest BCUT2D eigenvalue weighted by atomic mass is 10.1. The van der Waals surface area contributed by atoms with Crippen molar-refractivity contribution < 1.29 is 4.74 Å². The molecule has 2 aromatic rings. The van der Waals surface area contributed by atoms with Crippen LogP contribution in [-0.4, -0.2) is 4.98 Å². The molecule has 19 heavy (non-hydrogen) atoms. The fourth-order valence-electron chi connectivity index (χ4n) is 1.98. The molecule has 2 N–H and O–H groups in total. The summed E-state index contributed by atoms with van der Waals surface area (Å²) in [6.45, 7) is 4.78. The van der Waals surface area contributed by atoms with Crippen molar-refractivity contribution in [3.63, 3.8) is 0 Å². The van der Waals surface area contributed by atoms with E-state index in [0.29, 0.717) is 18.2 Å². The third-order valence-corrected chi connectivity index (χ3v) is 3.14. The SMILES string of the molecule is Cc1cc(OCc2cccc(Cl)c2)c(CN)c(C)n1. The van der Waals surface area contributed by atoms with Gasteiger partial charge in [-0.05, 0) is 31.5 Å². The van der Waals surface area contributed by atoms with Crippen molar-refractivity contribution in [2.45, 2.75) is 27.0 Å². The first kappa shape index (κ1) is 13.8. The van der Waals surface area contributed by atoms with E-state index in [9.17, 15) is 0 Å². The van der Waals surface area contributed by atoms with Crippen LogP contribution in [0.5, 0.6) is 5.75 Å². The first-order valence-corrected chi connectivity index (χ1v) is 6.52. The van der Waals surface area contributed by atoms with E-state index in [2.05, 4.69) is 4.98 Å².